The van der Waals surface area contributed by atoms with Crippen LogP contribution in [0.3, 0.4) is 0 Å². The fourth-order valence-corrected chi connectivity index (χ4v) is 0.929. The van der Waals surface area contributed by atoms with Crippen molar-refractivity contribution in [2.24, 2.45) is 5.73 Å². The molecule has 1 aliphatic rings. The number of nitrogens with two attached hydrogens (primary N) is 1. The van der Waals surface area contributed by atoms with Gasteiger partial charge in [0.25, 0.3) is 0 Å². The second-order valence-corrected chi connectivity index (χ2v) is 3.41. The maximum atomic E-state index is 12.4. The molecule has 0 heterocycles. The van der Waals surface area contributed by atoms with Gasteiger partial charge in [0.2, 0.25) is 5.91 Å². The van der Waals surface area contributed by atoms with Gasteiger partial charge in [-0.3, -0.25) is 10.1 Å². The zero-order chi connectivity index (χ0) is 10.3. The summed E-state index contributed by atoms with van der Waals surface area (Å²) in [5, 5.41) is 2.21. The molecule has 0 spiro atoms. The van der Waals surface area contributed by atoms with Gasteiger partial charge in [0, 0.05) is 6.04 Å². The summed E-state index contributed by atoms with van der Waals surface area (Å²) in [5.74, 6) is -1.38. The fourth-order valence-electron chi connectivity index (χ4n) is 0.929. The number of hydrogen-bond donors (Lipinski definition) is 2. The molecule has 6 heteroatoms. The predicted molar refractivity (Wildman–Crippen MR) is 39.8 cm³/mol. The van der Waals surface area contributed by atoms with E-state index in [1.807, 2.05) is 0 Å². The van der Waals surface area contributed by atoms with Crippen molar-refractivity contribution in [1.82, 2.24) is 5.32 Å². The molecule has 3 N–H and O–H groups in total. The van der Waals surface area contributed by atoms with E-state index in [4.69, 9.17) is 5.73 Å². The van der Waals surface area contributed by atoms with Crippen LogP contribution < -0.4 is 11.1 Å². The van der Waals surface area contributed by atoms with Crippen molar-refractivity contribution in [2.75, 3.05) is 0 Å². The van der Waals surface area contributed by atoms with Gasteiger partial charge >= 0.3 is 6.18 Å². The van der Waals surface area contributed by atoms with E-state index in [9.17, 15) is 18.0 Å². The van der Waals surface area contributed by atoms with Crippen molar-refractivity contribution in [1.29, 1.82) is 0 Å². The number of carbonyl (C=O) groups excluding carboxylic acids is 1. The fraction of sp³-hybridized carbons (Fsp3) is 0.857. The first-order chi connectivity index (χ1) is 5.77. The molecule has 76 valence electrons. The Bertz CT molecular complexity index is 224. The van der Waals surface area contributed by atoms with Gasteiger partial charge in [-0.2, -0.15) is 13.2 Å². The van der Waals surface area contributed by atoms with Gasteiger partial charge in [-0.05, 0) is 19.8 Å². The Kier molecular flexibility index (Phi) is 2.27. The molecule has 13 heavy (non-hydrogen) atoms. The highest BCUT2D eigenvalue weighted by Crippen LogP contribution is 2.33. The molecule has 1 saturated carbocycles. The molecule has 0 aromatic carbocycles. The van der Waals surface area contributed by atoms with Gasteiger partial charge in [0.1, 0.15) is 0 Å². The van der Waals surface area contributed by atoms with Crippen molar-refractivity contribution in [2.45, 2.75) is 37.5 Å². The maximum absolute atomic E-state index is 12.4. The summed E-state index contributed by atoms with van der Waals surface area (Å²) in [4.78, 5) is 10.7. The van der Waals surface area contributed by atoms with Crippen LogP contribution in [-0.4, -0.2) is 23.7 Å². The minimum Gasteiger partial charge on any atom is -0.368 e. The Morgan fingerprint density at radius 1 is 1.46 bits per heavy atom. The SMILES string of the molecule is CC(NC1CC1)(C(N)=O)C(F)(F)F. The van der Waals surface area contributed by atoms with Crippen LogP contribution in [0.15, 0.2) is 0 Å². The molecular weight excluding hydrogens is 185 g/mol. The third-order valence-electron chi connectivity index (χ3n) is 2.13. The van der Waals surface area contributed by atoms with E-state index < -0.39 is 17.6 Å². The molecule has 0 saturated heterocycles. The summed E-state index contributed by atoms with van der Waals surface area (Å²) in [6.45, 7) is 0.771. The van der Waals surface area contributed by atoms with Gasteiger partial charge in [-0.1, -0.05) is 0 Å². The quantitative estimate of drug-likeness (QED) is 0.692. The Hall–Kier alpha value is -0.780. The first kappa shape index (κ1) is 10.3. The number of amides is 1. The Morgan fingerprint density at radius 2 is 1.92 bits per heavy atom. The average Bonchev–Trinajstić information content (AvgIpc) is 2.68. The lowest BCUT2D eigenvalue weighted by Crippen LogP contribution is -2.63. The Labute approximate surface area is 73.5 Å². The average molecular weight is 196 g/mol. The first-order valence-electron chi connectivity index (χ1n) is 3.91. The van der Waals surface area contributed by atoms with E-state index >= 15 is 0 Å². The van der Waals surface area contributed by atoms with E-state index in [0.717, 1.165) is 6.92 Å². The number of halogens is 3. The molecule has 1 amide bonds. The van der Waals surface area contributed by atoms with Gasteiger partial charge < -0.3 is 5.73 Å². The van der Waals surface area contributed by atoms with E-state index in [1.165, 1.54) is 0 Å². The zero-order valence-corrected chi connectivity index (χ0v) is 7.11. The summed E-state index contributed by atoms with van der Waals surface area (Å²) in [6, 6.07) is -0.223. The minimum absolute atomic E-state index is 0.223. The second kappa shape index (κ2) is 2.87. The molecule has 0 aliphatic heterocycles. The third kappa shape index (κ3) is 1.93. The molecule has 1 atom stereocenters. The van der Waals surface area contributed by atoms with E-state index in [0.29, 0.717) is 12.8 Å². The van der Waals surface area contributed by atoms with Gasteiger partial charge in [-0.15, -0.1) is 0 Å². The molecule has 1 fully saturated rings. The number of carbonyl (C=O) groups is 1. The van der Waals surface area contributed by atoms with Gasteiger partial charge in [-0.25, -0.2) is 0 Å². The molecule has 0 radical (unpaired) electrons. The minimum atomic E-state index is -4.64. The van der Waals surface area contributed by atoms with Crippen LogP contribution >= 0.6 is 0 Å². The number of nitrogens with one attached hydrogen (secondary N) is 1. The van der Waals surface area contributed by atoms with Crippen molar-refractivity contribution in [3.8, 4) is 0 Å². The van der Waals surface area contributed by atoms with Crippen molar-refractivity contribution in [3.05, 3.63) is 0 Å². The van der Waals surface area contributed by atoms with Crippen LogP contribution in [0, 0.1) is 0 Å². The van der Waals surface area contributed by atoms with Crippen LogP contribution in [0.1, 0.15) is 19.8 Å². The molecule has 0 bridgehead atoms. The predicted octanol–water partition coefficient (Wildman–Crippen LogP) is 0.545. The topological polar surface area (TPSA) is 55.1 Å². The van der Waals surface area contributed by atoms with Gasteiger partial charge in [0.05, 0.1) is 0 Å². The number of primary amides is 1. The molecule has 1 aliphatic carbocycles. The van der Waals surface area contributed by atoms with Crippen LogP contribution in [-0.2, 0) is 4.79 Å². The summed E-state index contributed by atoms with van der Waals surface area (Å²) >= 11 is 0. The largest absolute Gasteiger partial charge is 0.415 e. The van der Waals surface area contributed by atoms with Gasteiger partial charge in [0.15, 0.2) is 5.54 Å². The molecule has 1 unspecified atom stereocenters. The van der Waals surface area contributed by atoms with Crippen LogP contribution in [0.5, 0.6) is 0 Å². The third-order valence-corrected chi connectivity index (χ3v) is 2.13. The zero-order valence-electron chi connectivity index (χ0n) is 7.11. The van der Waals surface area contributed by atoms with Crippen molar-refractivity contribution < 1.29 is 18.0 Å². The van der Waals surface area contributed by atoms with Crippen LogP contribution in [0.2, 0.25) is 0 Å². The Morgan fingerprint density at radius 3 is 2.15 bits per heavy atom. The van der Waals surface area contributed by atoms with Crippen LogP contribution in [0.4, 0.5) is 13.2 Å². The monoisotopic (exact) mass is 196 g/mol. The van der Waals surface area contributed by atoms with Crippen molar-refractivity contribution >= 4 is 5.91 Å². The lowest BCUT2D eigenvalue weighted by atomic mass is 10.0. The standard InChI is InChI=1S/C7H11F3N2O/c1-6(5(11)13,7(8,9)10)12-4-2-3-4/h4,12H,2-3H2,1H3,(H2,11,13). The number of hydrogen-bond acceptors (Lipinski definition) is 2. The first-order valence-corrected chi connectivity index (χ1v) is 3.91. The van der Waals surface area contributed by atoms with E-state index in [1.54, 1.807) is 0 Å². The van der Waals surface area contributed by atoms with E-state index in [-0.39, 0.29) is 6.04 Å². The highest BCUT2D eigenvalue weighted by atomic mass is 19.4. The summed E-state index contributed by atoms with van der Waals surface area (Å²) in [5.41, 5.74) is 2.12. The molecule has 1 rings (SSSR count). The number of alkyl halides is 3. The normalized spacial score (nSPS) is 22.5. The lowest BCUT2D eigenvalue weighted by Gasteiger charge is -2.29. The molecule has 3 nitrogen and oxygen atoms in total. The molecule has 0 aromatic rings. The maximum Gasteiger partial charge on any atom is 0.415 e. The summed E-state index contributed by atoms with van der Waals surface area (Å²) in [6.07, 6.45) is -3.31. The second-order valence-electron chi connectivity index (χ2n) is 3.41. The summed E-state index contributed by atoms with van der Waals surface area (Å²) < 4.78 is 37.1. The molecular formula is C7H11F3N2O. The smallest absolute Gasteiger partial charge is 0.368 e. The lowest BCUT2D eigenvalue weighted by molar-refractivity contribution is -0.194. The highest BCUT2D eigenvalue weighted by Gasteiger charge is 2.57. The number of rotatable bonds is 3. The van der Waals surface area contributed by atoms with E-state index in [2.05, 4.69) is 5.32 Å². The Balaban J connectivity index is 2.78. The summed E-state index contributed by atoms with van der Waals surface area (Å²) in [7, 11) is 0. The van der Waals surface area contributed by atoms with Crippen LogP contribution in [0.25, 0.3) is 0 Å². The van der Waals surface area contributed by atoms with Crippen molar-refractivity contribution in [3.63, 3.8) is 0 Å². The highest BCUT2D eigenvalue weighted by molar-refractivity contribution is 5.85. The molecule has 0 aromatic heterocycles.